The summed E-state index contributed by atoms with van der Waals surface area (Å²) in [6, 6.07) is 3.45. The SMILES string of the molecule is COc1cc(OC)c(Cl)c(-c2cc3cnc(N)nc3c(NCCN3CCOCC3)n2)c1Cl. The second-order valence-corrected chi connectivity index (χ2v) is 7.94. The maximum absolute atomic E-state index is 6.62. The van der Waals surface area contributed by atoms with Gasteiger partial charge in [0.05, 0.1) is 43.2 Å². The first-order chi connectivity index (χ1) is 15.5. The average Bonchev–Trinajstić information content (AvgIpc) is 2.80. The lowest BCUT2D eigenvalue weighted by molar-refractivity contribution is 0.0398. The van der Waals surface area contributed by atoms with Gasteiger partial charge in [-0.25, -0.2) is 15.0 Å². The third kappa shape index (κ3) is 4.61. The zero-order chi connectivity index (χ0) is 22.7. The number of nitrogens with one attached hydrogen (secondary N) is 1. The molecule has 0 atom stereocenters. The topological polar surface area (TPSA) is 108 Å². The zero-order valence-corrected chi connectivity index (χ0v) is 19.3. The van der Waals surface area contributed by atoms with Gasteiger partial charge in [0.1, 0.15) is 17.0 Å². The molecule has 1 fully saturated rings. The summed E-state index contributed by atoms with van der Waals surface area (Å²) in [6.07, 6.45) is 1.65. The molecule has 1 aliphatic rings. The molecule has 0 bridgehead atoms. The van der Waals surface area contributed by atoms with Crippen LogP contribution in [0.15, 0.2) is 18.3 Å². The summed E-state index contributed by atoms with van der Waals surface area (Å²) >= 11 is 13.2. The molecular weight excluding hydrogens is 455 g/mol. The average molecular weight is 479 g/mol. The van der Waals surface area contributed by atoms with Gasteiger partial charge in [-0.05, 0) is 6.07 Å². The van der Waals surface area contributed by atoms with Crippen molar-refractivity contribution in [2.75, 3.05) is 64.7 Å². The Bertz CT molecular complexity index is 1100. The molecule has 1 saturated heterocycles. The summed E-state index contributed by atoms with van der Waals surface area (Å²) in [7, 11) is 3.06. The molecule has 0 radical (unpaired) electrons. The van der Waals surface area contributed by atoms with Crippen molar-refractivity contribution in [3.8, 4) is 22.8 Å². The van der Waals surface area contributed by atoms with Crippen LogP contribution in [0.25, 0.3) is 22.2 Å². The minimum atomic E-state index is 0.169. The minimum Gasteiger partial charge on any atom is -0.495 e. The molecule has 11 heteroatoms. The second kappa shape index (κ2) is 9.91. The Balaban J connectivity index is 1.75. The fourth-order valence-corrected chi connectivity index (χ4v) is 4.27. The number of anilines is 2. The third-order valence-corrected chi connectivity index (χ3v) is 5.99. The zero-order valence-electron chi connectivity index (χ0n) is 17.8. The highest BCUT2D eigenvalue weighted by molar-refractivity contribution is 6.41. The van der Waals surface area contributed by atoms with Crippen molar-refractivity contribution in [1.82, 2.24) is 19.9 Å². The number of hydrogen-bond acceptors (Lipinski definition) is 9. The van der Waals surface area contributed by atoms with Crippen molar-refractivity contribution in [1.29, 1.82) is 0 Å². The van der Waals surface area contributed by atoms with E-state index in [-0.39, 0.29) is 5.95 Å². The summed E-state index contributed by atoms with van der Waals surface area (Å²) in [6.45, 7) is 4.80. The molecule has 3 heterocycles. The highest BCUT2D eigenvalue weighted by atomic mass is 35.5. The first kappa shape index (κ1) is 22.6. The van der Waals surface area contributed by atoms with Crippen molar-refractivity contribution < 1.29 is 14.2 Å². The molecule has 0 spiro atoms. The number of nitrogen functional groups attached to an aromatic ring is 1. The van der Waals surface area contributed by atoms with E-state index < -0.39 is 0 Å². The largest absolute Gasteiger partial charge is 0.495 e. The molecule has 3 aromatic rings. The van der Waals surface area contributed by atoms with Crippen LogP contribution >= 0.6 is 23.2 Å². The Kier molecular flexibility index (Phi) is 7.00. The summed E-state index contributed by atoms with van der Waals surface area (Å²) in [5.41, 5.74) is 7.49. The van der Waals surface area contributed by atoms with Crippen LogP contribution in [0, 0.1) is 0 Å². The number of benzene rings is 1. The van der Waals surface area contributed by atoms with Crippen LogP contribution in [-0.2, 0) is 4.74 Å². The number of rotatable bonds is 7. The van der Waals surface area contributed by atoms with E-state index in [4.69, 9.17) is 48.1 Å². The molecule has 0 aliphatic carbocycles. The van der Waals surface area contributed by atoms with Crippen LogP contribution in [0.5, 0.6) is 11.5 Å². The van der Waals surface area contributed by atoms with Crippen molar-refractivity contribution in [3.63, 3.8) is 0 Å². The normalized spacial score (nSPS) is 14.5. The molecule has 4 rings (SSSR count). The maximum Gasteiger partial charge on any atom is 0.220 e. The molecule has 1 aliphatic heterocycles. The quantitative estimate of drug-likeness (QED) is 0.528. The number of methoxy groups -OCH3 is 2. The molecule has 1 aromatic carbocycles. The predicted octanol–water partition coefficient (Wildman–Crippen LogP) is 3.34. The van der Waals surface area contributed by atoms with Crippen LogP contribution in [0.2, 0.25) is 10.0 Å². The minimum absolute atomic E-state index is 0.169. The van der Waals surface area contributed by atoms with Crippen LogP contribution in [0.3, 0.4) is 0 Å². The lowest BCUT2D eigenvalue weighted by Gasteiger charge is -2.26. The van der Waals surface area contributed by atoms with Crippen LogP contribution in [-0.4, -0.2) is 73.5 Å². The number of ether oxygens (including phenoxy) is 3. The van der Waals surface area contributed by atoms with E-state index >= 15 is 0 Å². The number of pyridine rings is 1. The van der Waals surface area contributed by atoms with Gasteiger partial charge in [-0.2, -0.15) is 0 Å². The van der Waals surface area contributed by atoms with Crippen LogP contribution < -0.4 is 20.5 Å². The molecule has 9 nitrogen and oxygen atoms in total. The second-order valence-electron chi connectivity index (χ2n) is 7.19. The first-order valence-electron chi connectivity index (χ1n) is 10.1. The fourth-order valence-electron chi connectivity index (χ4n) is 3.57. The van der Waals surface area contributed by atoms with Gasteiger partial charge < -0.3 is 25.3 Å². The Morgan fingerprint density at radius 1 is 1.09 bits per heavy atom. The highest BCUT2D eigenvalue weighted by Crippen LogP contribution is 2.46. The van der Waals surface area contributed by atoms with Crippen molar-refractivity contribution in [2.24, 2.45) is 0 Å². The van der Waals surface area contributed by atoms with Gasteiger partial charge in [0, 0.05) is 49.4 Å². The molecule has 170 valence electrons. The standard InChI is InChI=1S/C21H24Cl2N6O3/c1-30-14-10-15(31-2)18(23)16(17(14)22)13-9-12-11-26-21(24)28-19(12)20(27-13)25-3-4-29-5-7-32-8-6-29/h9-11H,3-8H2,1-2H3,(H,25,27)(H2,24,26,28). The van der Waals surface area contributed by atoms with Crippen molar-refractivity contribution >= 4 is 45.9 Å². The van der Waals surface area contributed by atoms with E-state index in [0.29, 0.717) is 50.7 Å². The van der Waals surface area contributed by atoms with Crippen LogP contribution in [0.1, 0.15) is 0 Å². The van der Waals surface area contributed by atoms with Gasteiger partial charge in [0.15, 0.2) is 5.82 Å². The molecular formula is C21H24Cl2N6O3. The number of hydrogen-bond donors (Lipinski definition) is 2. The lowest BCUT2D eigenvalue weighted by atomic mass is 10.1. The van der Waals surface area contributed by atoms with E-state index in [2.05, 4.69) is 20.2 Å². The van der Waals surface area contributed by atoms with E-state index in [0.717, 1.165) is 38.2 Å². The van der Waals surface area contributed by atoms with Crippen LogP contribution in [0.4, 0.5) is 11.8 Å². The summed E-state index contributed by atoms with van der Waals surface area (Å²) in [5.74, 6) is 1.59. The Hall–Kier alpha value is -2.59. The van der Waals surface area contributed by atoms with E-state index in [1.54, 1.807) is 12.3 Å². The maximum atomic E-state index is 6.62. The number of aromatic nitrogens is 3. The Morgan fingerprint density at radius 2 is 1.78 bits per heavy atom. The molecule has 2 aromatic heterocycles. The van der Waals surface area contributed by atoms with Gasteiger partial charge in [-0.1, -0.05) is 23.2 Å². The summed E-state index contributed by atoms with van der Waals surface area (Å²) in [5, 5.41) is 4.79. The monoisotopic (exact) mass is 478 g/mol. The van der Waals surface area contributed by atoms with Crippen molar-refractivity contribution in [2.45, 2.75) is 0 Å². The van der Waals surface area contributed by atoms with Gasteiger partial charge in [0.25, 0.3) is 0 Å². The third-order valence-electron chi connectivity index (χ3n) is 5.24. The van der Waals surface area contributed by atoms with Gasteiger partial charge >= 0.3 is 0 Å². The molecule has 32 heavy (non-hydrogen) atoms. The van der Waals surface area contributed by atoms with Crippen molar-refractivity contribution in [3.05, 3.63) is 28.4 Å². The fraction of sp³-hybridized carbons (Fsp3) is 0.381. The van der Waals surface area contributed by atoms with Gasteiger partial charge in [-0.3, -0.25) is 4.90 Å². The smallest absolute Gasteiger partial charge is 0.220 e. The Labute approximate surface area is 195 Å². The number of nitrogens with two attached hydrogens (primary N) is 1. The predicted molar refractivity (Wildman–Crippen MR) is 126 cm³/mol. The highest BCUT2D eigenvalue weighted by Gasteiger charge is 2.21. The molecule has 0 saturated carbocycles. The molecule has 3 N–H and O–H groups in total. The number of fused-ring (bicyclic) bond motifs is 1. The summed E-state index contributed by atoms with van der Waals surface area (Å²) < 4.78 is 16.2. The molecule has 0 unspecified atom stereocenters. The summed E-state index contributed by atoms with van der Waals surface area (Å²) in [4.78, 5) is 15.6. The molecule has 0 amide bonds. The van der Waals surface area contributed by atoms with E-state index in [9.17, 15) is 0 Å². The lowest BCUT2D eigenvalue weighted by Crippen LogP contribution is -2.39. The Morgan fingerprint density at radius 3 is 2.44 bits per heavy atom. The van der Waals surface area contributed by atoms with E-state index in [1.807, 2.05) is 6.07 Å². The number of nitrogens with zero attached hydrogens (tertiary/aromatic N) is 4. The number of halogens is 2. The van der Waals surface area contributed by atoms with E-state index in [1.165, 1.54) is 14.2 Å². The van der Waals surface area contributed by atoms with Gasteiger partial charge in [0.2, 0.25) is 5.95 Å². The first-order valence-corrected chi connectivity index (χ1v) is 10.8. The van der Waals surface area contributed by atoms with Gasteiger partial charge in [-0.15, -0.1) is 0 Å². The number of morpholine rings is 1.